The summed E-state index contributed by atoms with van der Waals surface area (Å²) in [5.74, 6) is -3.08. The number of carboxylic acid groups (broad SMARTS) is 1. The number of benzene rings is 1. The number of aromatic amines is 2. The summed E-state index contributed by atoms with van der Waals surface area (Å²) in [7, 11) is 0. The van der Waals surface area contributed by atoms with Crippen molar-refractivity contribution in [2.24, 2.45) is 11.7 Å². The molecule has 210 valence electrons. The van der Waals surface area contributed by atoms with Crippen LogP contribution in [0.4, 0.5) is 0 Å². The van der Waals surface area contributed by atoms with Crippen molar-refractivity contribution < 1.29 is 24.3 Å². The molecule has 4 atom stereocenters. The topological polar surface area (TPSA) is 195 Å². The highest BCUT2D eigenvalue weighted by Gasteiger charge is 2.31. The summed E-state index contributed by atoms with van der Waals surface area (Å²) in [6.07, 6.45) is 5.25. The number of thiol groups is 1. The molecule has 4 unspecified atom stereocenters. The average molecular weight is 558 g/mol. The molecule has 1 aromatic carbocycles. The Kier molecular flexibility index (Phi) is 10.5. The van der Waals surface area contributed by atoms with E-state index in [9.17, 15) is 24.3 Å². The van der Waals surface area contributed by atoms with Gasteiger partial charge in [0.05, 0.1) is 12.4 Å². The second-order valence-corrected chi connectivity index (χ2v) is 10.2. The van der Waals surface area contributed by atoms with Crippen LogP contribution in [0.25, 0.3) is 10.9 Å². The van der Waals surface area contributed by atoms with Gasteiger partial charge in [-0.3, -0.25) is 14.4 Å². The molecule has 0 radical (unpaired) electrons. The Bertz CT molecular complexity index is 1280. The number of imidazole rings is 1. The summed E-state index contributed by atoms with van der Waals surface area (Å²) in [6.45, 7) is 3.70. The number of carbonyl (C=O) groups is 4. The first-order valence-electron chi connectivity index (χ1n) is 12.6. The predicted octanol–water partition coefficient (Wildman–Crippen LogP) is 0.518. The molecule has 0 aliphatic carbocycles. The monoisotopic (exact) mass is 557 g/mol. The number of amides is 3. The molecule has 3 amide bonds. The van der Waals surface area contributed by atoms with Gasteiger partial charge in [0, 0.05) is 47.6 Å². The summed E-state index contributed by atoms with van der Waals surface area (Å²) in [5.41, 5.74) is 8.26. The first-order valence-corrected chi connectivity index (χ1v) is 13.2. The van der Waals surface area contributed by atoms with Crippen LogP contribution in [0.5, 0.6) is 0 Å². The van der Waals surface area contributed by atoms with Crippen molar-refractivity contribution in [3.05, 3.63) is 54.2 Å². The largest absolute Gasteiger partial charge is 0.480 e. The molecule has 39 heavy (non-hydrogen) atoms. The number of rotatable bonds is 14. The lowest BCUT2D eigenvalue weighted by molar-refractivity contribution is -0.142. The lowest BCUT2D eigenvalue weighted by Gasteiger charge is -2.25. The number of nitrogens with one attached hydrogen (secondary N) is 5. The van der Waals surface area contributed by atoms with Crippen molar-refractivity contribution in [2.75, 3.05) is 5.75 Å². The normalized spacial score (nSPS) is 14.4. The maximum Gasteiger partial charge on any atom is 0.326 e. The van der Waals surface area contributed by atoms with Crippen LogP contribution in [0.15, 0.2) is 43.0 Å². The third-order valence-electron chi connectivity index (χ3n) is 6.20. The number of carbonyl (C=O) groups excluding carboxylic acids is 3. The zero-order valence-electron chi connectivity index (χ0n) is 21.8. The molecule has 0 saturated carbocycles. The molecule has 0 saturated heterocycles. The van der Waals surface area contributed by atoms with Gasteiger partial charge in [-0.25, -0.2) is 9.78 Å². The molecule has 0 spiro atoms. The first kappa shape index (κ1) is 29.7. The summed E-state index contributed by atoms with van der Waals surface area (Å²) in [6, 6.07) is 3.22. The van der Waals surface area contributed by atoms with E-state index in [1.165, 1.54) is 6.33 Å². The van der Waals surface area contributed by atoms with Gasteiger partial charge in [-0.15, -0.1) is 0 Å². The Morgan fingerprint density at radius 1 is 0.974 bits per heavy atom. The van der Waals surface area contributed by atoms with Gasteiger partial charge < -0.3 is 36.8 Å². The molecule has 13 heteroatoms. The van der Waals surface area contributed by atoms with Crippen LogP contribution in [0.2, 0.25) is 0 Å². The minimum absolute atomic E-state index is 0.0165. The van der Waals surface area contributed by atoms with Crippen molar-refractivity contribution >= 4 is 47.2 Å². The molecule has 0 aliphatic heterocycles. The number of carboxylic acids is 1. The van der Waals surface area contributed by atoms with E-state index in [-0.39, 0.29) is 30.9 Å². The van der Waals surface area contributed by atoms with Crippen LogP contribution in [0.1, 0.15) is 31.5 Å². The van der Waals surface area contributed by atoms with E-state index in [0.717, 1.165) is 16.5 Å². The van der Waals surface area contributed by atoms with Crippen LogP contribution < -0.4 is 21.7 Å². The van der Waals surface area contributed by atoms with Crippen LogP contribution in [-0.2, 0) is 32.0 Å². The molecule has 2 aromatic heterocycles. The van der Waals surface area contributed by atoms with Gasteiger partial charge in [0.15, 0.2) is 0 Å². The number of aliphatic carboxylic acids is 1. The van der Waals surface area contributed by atoms with Gasteiger partial charge in [0.2, 0.25) is 17.7 Å². The minimum Gasteiger partial charge on any atom is -0.480 e. The maximum absolute atomic E-state index is 13.3. The number of nitrogens with zero attached hydrogens (tertiary/aromatic N) is 1. The summed E-state index contributed by atoms with van der Waals surface area (Å²) >= 11 is 4.20. The second-order valence-electron chi connectivity index (χ2n) is 9.78. The van der Waals surface area contributed by atoms with Gasteiger partial charge >= 0.3 is 5.97 Å². The van der Waals surface area contributed by atoms with Crippen molar-refractivity contribution in [1.29, 1.82) is 0 Å². The van der Waals surface area contributed by atoms with E-state index in [4.69, 9.17) is 5.73 Å². The minimum atomic E-state index is -1.17. The van der Waals surface area contributed by atoms with Crippen molar-refractivity contribution in [3.63, 3.8) is 0 Å². The van der Waals surface area contributed by atoms with E-state index in [0.29, 0.717) is 5.69 Å². The molecule has 0 aliphatic rings. The fourth-order valence-electron chi connectivity index (χ4n) is 4.17. The summed E-state index contributed by atoms with van der Waals surface area (Å²) in [5, 5.41) is 18.3. The Hall–Kier alpha value is -3.84. The predicted molar refractivity (Wildman–Crippen MR) is 149 cm³/mol. The Morgan fingerprint density at radius 2 is 1.64 bits per heavy atom. The molecule has 3 rings (SSSR count). The number of hydrogen-bond acceptors (Lipinski definition) is 7. The number of H-pyrrole nitrogens is 2. The highest BCUT2D eigenvalue weighted by Crippen LogP contribution is 2.19. The molecule has 2 heterocycles. The number of nitrogens with two attached hydrogens (primary N) is 1. The lowest BCUT2D eigenvalue weighted by Crippen LogP contribution is -2.58. The maximum atomic E-state index is 13.3. The highest BCUT2D eigenvalue weighted by molar-refractivity contribution is 7.80. The average Bonchev–Trinajstić information content (AvgIpc) is 3.55. The van der Waals surface area contributed by atoms with E-state index in [1.807, 2.05) is 38.1 Å². The van der Waals surface area contributed by atoms with E-state index >= 15 is 0 Å². The van der Waals surface area contributed by atoms with E-state index < -0.39 is 47.9 Å². The zero-order chi connectivity index (χ0) is 28.5. The standard InChI is InChI=1S/C26H35N7O5S/c1-14(2)7-21(26(37)38)32-24(35)20(8-15-10-29-19-6-4-3-5-17(15)19)31-25(36)22(12-39)33-23(34)18(27)9-16-11-28-13-30-16/h3-6,10-11,13-14,18,20-22,29,39H,7-9,12,27H2,1-2H3,(H,28,30)(H,31,36)(H,32,35)(H,33,34)(H,37,38). The first-order chi connectivity index (χ1) is 18.6. The SMILES string of the molecule is CC(C)CC(NC(=O)C(Cc1c[nH]c2ccccc12)NC(=O)C(CS)NC(=O)C(N)Cc1cnc[nH]1)C(=O)O. The number of aromatic nitrogens is 3. The molecule has 0 fully saturated rings. The van der Waals surface area contributed by atoms with Crippen molar-refractivity contribution in [2.45, 2.75) is 57.3 Å². The van der Waals surface area contributed by atoms with Crippen molar-refractivity contribution in [1.82, 2.24) is 30.9 Å². The highest BCUT2D eigenvalue weighted by atomic mass is 32.1. The van der Waals surface area contributed by atoms with Gasteiger partial charge in [0.1, 0.15) is 18.1 Å². The van der Waals surface area contributed by atoms with Gasteiger partial charge in [-0.1, -0.05) is 32.0 Å². The Balaban J connectivity index is 1.76. The van der Waals surface area contributed by atoms with Gasteiger partial charge in [0.25, 0.3) is 0 Å². The number of fused-ring (bicyclic) bond motifs is 1. The molecule has 8 N–H and O–H groups in total. The lowest BCUT2D eigenvalue weighted by atomic mass is 10.0. The van der Waals surface area contributed by atoms with Crippen LogP contribution in [-0.4, -0.2) is 73.7 Å². The van der Waals surface area contributed by atoms with E-state index in [1.54, 1.807) is 12.4 Å². The molecule has 12 nitrogen and oxygen atoms in total. The smallest absolute Gasteiger partial charge is 0.326 e. The third kappa shape index (κ3) is 8.32. The second kappa shape index (κ2) is 13.8. The van der Waals surface area contributed by atoms with Crippen LogP contribution in [0.3, 0.4) is 0 Å². The quantitative estimate of drug-likeness (QED) is 0.132. The van der Waals surface area contributed by atoms with Crippen LogP contribution >= 0.6 is 12.6 Å². The molecule has 3 aromatic rings. The summed E-state index contributed by atoms with van der Waals surface area (Å²) in [4.78, 5) is 60.9. The van der Waals surface area contributed by atoms with Crippen LogP contribution in [0, 0.1) is 5.92 Å². The van der Waals surface area contributed by atoms with E-state index in [2.05, 4.69) is 43.5 Å². The number of hydrogen-bond donors (Lipinski definition) is 8. The fourth-order valence-corrected chi connectivity index (χ4v) is 4.42. The van der Waals surface area contributed by atoms with Crippen molar-refractivity contribution in [3.8, 4) is 0 Å². The fraction of sp³-hybridized carbons (Fsp3) is 0.423. The molecular weight excluding hydrogens is 522 g/mol. The Labute approximate surface area is 231 Å². The third-order valence-corrected chi connectivity index (χ3v) is 6.57. The molecule has 0 bridgehead atoms. The van der Waals surface area contributed by atoms with Gasteiger partial charge in [-0.05, 0) is 24.0 Å². The Morgan fingerprint density at radius 3 is 2.28 bits per heavy atom. The molecular formula is C26H35N7O5S. The zero-order valence-corrected chi connectivity index (χ0v) is 22.7. The number of para-hydroxylation sites is 1. The van der Waals surface area contributed by atoms with Gasteiger partial charge in [-0.2, -0.15) is 12.6 Å². The summed E-state index contributed by atoms with van der Waals surface area (Å²) < 4.78 is 0.